The maximum atomic E-state index is 7.29. The first kappa shape index (κ1) is 26.7. The van der Waals surface area contributed by atoms with Crippen molar-refractivity contribution >= 4 is 34.0 Å². The lowest BCUT2D eigenvalue weighted by Gasteiger charge is -2.51. The molecule has 4 heterocycles. The molecule has 35 heavy (non-hydrogen) atoms. The van der Waals surface area contributed by atoms with Gasteiger partial charge in [0.25, 0.3) is 0 Å². The van der Waals surface area contributed by atoms with Gasteiger partial charge >= 0.3 is 17.1 Å². The molecule has 2 fully saturated rings. The fraction of sp³-hybridized carbons (Fsp3) is 0.792. The Morgan fingerprint density at radius 1 is 0.971 bits per heavy atom. The highest BCUT2D eigenvalue weighted by molar-refractivity contribution is 6.83. The van der Waals surface area contributed by atoms with Crippen LogP contribution in [-0.4, -0.2) is 55.7 Å². The van der Waals surface area contributed by atoms with Gasteiger partial charge in [-0.3, -0.25) is 0 Å². The van der Waals surface area contributed by atoms with Gasteiger partial charge in [-0.05, 0) is 28.6 Å². The number of nitrogens with two attached hydrogens (primary N) is 1. The Hall–Kier alpha value is -1.38. The number of aryl methyl sites for hydroxylation is 1. The predicted octanol–water partition coefficient (Wildman–Crippen LogP) is 5.21. The lowest BCUT2D eigenvalue weighted by Crippen LogP contribution is -2.65. The highest BCUT2D eigenvalue weighted by Gasteiger charge is 2.60. The maximum absolute atomic E-state index is 7.29. The van der Waals surface area contributed by atoms with Crippen molar-refractivity contribution in [3.05, 3.63) is 12.0 Å². The van der Waals surface area contributed by atoms with E-state index in [0.717, 1.165) is 17.5 Å². The second-order valence-corrected chi connectivity index (χ2v) is 20.0. The predicted molar refractivity (Wildman–Crippen MR) is 141 cm³/mol. The molecule has 196 valence electrons. The SMILES string of the molecule is CCc1nn([C@H]2C[C@@H]3O[Si](C(C)C)(C(C)C)O[Si](C(C)C)(C(C)C)OC[C@@H]3O2)c2ncnc(N)c12. The zero-order chi connectivity index (χ0) is 25.7. The molecule has 3 atom stereocenters. The first-order chi connectivity index (χ1) is 16.5. The van der Waals surface area contributed by atoms with Crippen LogP contribution in [0.2, 0.25) is 22.2 Å². The number of hydrogen-bond acceptors (Lipinski definition) is 8. The van der Waals surface area contributed by atoms with Gasteiger partial charge in [0.05, 0.1) is 23.8 Å². The van der Waals surface area contributed by atoms with Gasteiger partial charge in [0.15, 0.2) is 11.9 Å². The van der Waals surface area contributed by atoms with Gasteiger partial charge in [0.1, 0.15) is 18.2 Å². The molecule has 2 aliphatic heterocycles. The molecule has 0 amide bonds. The monoisotopic (exact) mass is 521 g/mol. The van der Waals surface area contributed by atoms with Gasteiger partial charge < -0.3 is 23.4 Å². The third-order valence-corrected chi connectivity index (χ3v) is 18.0. The van der Waals surface area contributed by atoms with Crippen LogP contribution in [0.25, 0.3) is 11.0 Å². The fourth-order valence-corrected chi connectivity index (χ4v) is 17.0. The van der Waals surface area contributed by atoms with Gasteiger partial charge in [-0.25, -0.2) is 14.6 Å². The summed E-state index contributed by atoms with van der Waals surface area (Å²) in [7, 11) is -5.28. The Labute approximate surface area is 211 Å². The van der Waals surface area contributed by atoms with Gasteiger partial charge in [-0.2, -0.15) is 5.10 Å². The summed E-state index contributed by atoms with van der Waals surface area (Å²) in [5.41, 5.74) is 8.93. The number of anilines is 1. The molecular formula is C24H43N5O4Si2. The first-order valence-electron chi connectivity index (χ1n) is 13.1. The lowest BCUT2D eigenvalue weighted by atomic mass is 10.2. The molecule has 2 aromatic heterocycles. The van der Waals surface area contributed by atoms with Crippen molar-refractivity contribution in [2.75, 3.05) is 12.3 Å². The normalized spacial score (nSPS) is 26.6. The largest absolute Gasteiger partial charge is 0.414 e. The summed E-state index contributed by atoms with van der Waals surface area (Å²) in [5.74, 6) is 0.450. The number of nitrogen functional groups attached to an aromatic ring is 1. The minimum absolute atomic E-state index is 0.133. The molecule has 0 saturated carbocycles. The van der Waals surface area contributed by atoms with Crippen LogP contribution in [0.1, 0.15) is 80.7 Å². The summed E-state index contributed by atoms with van der Waals surface area (Å²) in [5, 5.41) is 5.66. The highest BCUT2D eigenvalue weighted by atomic mass is 28.5. The molecule has 0 aliphatic carbocycles. The standard InChI is InChI=1S/C24H43N5O4Si2/c1-10-18-22-23(25)26-13-27-24(22)29(28-18)21-11-19-20(31-21)12-30-34(14(2)3,15(4)5)33-35(32-19,16(6)7)17(8)9/h13-17,19-21H,10-12H2,1-9H3,(H2,25,26,27)/t19-,20-,21+/m0/s1. The van der Waals surface area contributed by atoms with Crippen LogP contribution in [0, 0.1) is 0 Å². The smallest absolute Gasteiger partial charge is 0.335 e. The second-order valence-electron chi connectivity index (χ2n) is 11.2. The fourth-order valence-electron chi connectivity index (χ4n) is 5.80. The third-order valence-electron chi connectivity index (χ3n) is 7.73. The van der Waals surface area contributed by atoms with E-state index in [4.69, 9.17) is 28.5 Å². The summed E-state index contributed by atoms with van der Waals surface area (Å²) in [6.45, 7) is 20.4. The van der Waals surface area contributed by atoms with E-state index in [1.165, 1.54) is 6.33 Å². The van der Waals surface area contributed by atoms with E-state index in [1.54, 1.807) is 0 Å². The summed E-state index contributed by atoms with van der Waals surface area (Å²) >= 11 is 0. The minimum Gasteiger partial charge on any atom is -0.414 e. The quantitative estimate of drug-likeness (QED) is 0.516. The first-order valence-corrected chi connectivity index (χ1v) is 17.1. The molecular weight excluding hydrogens is 478 g/mol. The number of aromatic nitrogens is 4. The van der Waals surface area contributed by atoms with E-state index >= 15 is 0 Å². The summed E-state index contributed by atoms with van der Waals surface area (Å²) in [6.07, 6.45) is 2.24. The molecule has 0 unspecified atom stereocenters. The Bertz CT molecular complexity index is 1030. The topological polar surface area (TPSA) is 107 Å². The van der Waals surface area contributed by atoms with Crippen LogP contribution in [0.4, 0.5) is 5.82 Å². The third kappa shape index (κ3) is 4.38. The summed E-state index contributed by atoms with van der Waals surface area (Å²) < 4.78 is 29.8. The van der Waals surface area contributed by atoms with E-state index < -0.39 is 17.1 Å². The molecule has 0 radical (unpaired) electrons. The van der Waals surface area contributed by atoms with Crippen LogP contribution in [0.3, 0.4) is 0 Å². The van der Waals surface area contributed by atoms with Gasteiger partial charge in [-0.1, -0.05) is 62.3 Å². The maximum Gasteiger partial charge on any atom is 0.335 e. The van der Waals surface area contributed by atoms with Gasteiger partial charge in [0, 0.05) is 6.42 Å². The van der Waals surface area contributed by atoms with Crippen LogP contribution in [0.15, 0.2) is 6.33 Å². The van der Waals surface area contributed by atoms with Crippen LogP contribution < -0.4 is 5.73 Å². The van der Waals surface area contributed by atoms with E-state index in [0.29, 0.717) is 35.6 Å². The average molecular weight is 522 g/mol. The second kappa shape index (κ2) is 9.83. The van der Waals surface area contributed by atoms with Crippen molar-refractivity contribution in [1.29, 1.82) is 0 Å². The molecule has 2 aliphatic rings. The molecule has 4 rings (SSSR count). The van der Waals surface area contributed by atoms with Crippen LogP contribution in [0.5, 0.6) is 0 Å². The van der Waals surface area contributed by atoms with Crippen molar-refractivity contribution in [3.8, 4) is 0 Å². The zero-order valence-corrected chi connectivity index (χ0v) is 24.7. The Morgan fingerprint density at radius 3 is 2.17 bits per heavy atom. The van der Waals surface area contributed by atoms with Crippen molar-refractivity contribution in [1.82, 2.24) is 19.7 Å². The lowest BCUT2D eigenvalue weighted by molar-refractivity contribution is -0.0575. The number of nitrogens with zero attached hydrogens (tertiary/aromatic N) is 4. The van der Waals surface area contributed by atoms with Crippen molar-refractivity contribution < 1.29 is 17.7 Å². The van der Waals surface area contributed by atoms with Crippen LogP contribution >= 0.6 is 0 Å². The number of fused-ring (bicyclic) bond motifs is 2. The number of ether oxygens (including phenoxy) is 1. The average Bonchev–Trinajstić information content (AvgIpc) is 3.34. The summed E-state index contributed by atoms with van der Waals surface area (Å²) in [6, 6.07) is 0. The summed E-state index contributed by atoms with van der Waals surface area (Å²) in [4.78, 5) is 8.69. The Kier molecular flexibility index (Phi) is 7.49. The number of rotatable bonds is 6. The van der Waals surface area contributed by atoms with Crippen molar-refractivity contribution in [3.63, 3.8) is 0 Å². The molecule has 2 aromatic rings. The molecule has 0 spiro atoms. The van der Waals surface area contributed by atoms with E-state index in [-0.39, 0.29) is 29.5 Å². The van der Waals surface area contributed by atoms with Crippen molar-refractivity contribution in [2.45, 2.75) is 116 Å². The number of hydrogen-bond donors (Lipinski definition) is 1. The van der Waals surface area contributed by atoms with Gasteiger partial charge in [-0.15, -0.1) is 0 Å². The zero-order valence-electron chi connectivity index (χ0n) is 22.7. The Morgan fingerprint density at radius 2 is 1.60 bits per heavy atom. The highest BCUT2D eigenvalue weighted by Crippen LogP contribution is 2.48. The Balaban J connectivity index is 1.75. The van der Waals surface area contributed by atoms with E-state index in [1.807, 2.05) is 4.68 Å². The molecule has 11 heteroatoms. The molecule has 2 N–H and O–H groups in total. The van der Waals surface area contributed by atoms with Crippen LogP contribution in [-0.2, 0) is 24.1 Å². The molecule has 0 aromatic carbocycles. The molecule has 2 saturated heterocycles. The molecule has 9 nitrogen and oxygen atoms in total. The van der Waals surface area contributed by atoms with Crippen molar-refractivity contribution in [2.24, 2.45) is 0 Å². The van der Waals surface area contributed by atoms with E-state index in [2.05, 4.69) is 72.3 Å². The van der Waals surface area contributed by atoms with E-state index in [9.17, 15) is 0 Å². The molecule has 0 bridgehead atoms. The minimum atomic E-state index is -2.68. The van der Waals surface area contributed by atoms with Gasteiger partial charge in [0.2, 0.25) is 0 Å².